The predicted molar refractivity (Wildman–Crippen MR) is 59.9 cm³/mol. The summed E-state index contributed by atoms with van der Waals surface area (Å²) < 4.78 is 11.9. The second kappa shape index (κ2) is 5.22. The molecule has 0 bridgehead atoms. The summed E-state index contributed by atoms with van der Waals surface area (Å²) in [5.41, 5.74) is 0. The number of hydrogen-bond donors (Lipinski definition) is 1. The molecule has 1 aromatic heterocycles. The number of nitrogens with zero attached hydrogens (tertiary/aromatic N) is 3. The Hall–Kier alpha value is -1.21. The van der Waals surface area contributed by atoms with Crippen LogP contribution in [0.2, 0.25) is 0 Å². The monoisotopic (exact) mass is 222 g/mol. The average Bonchev–Trinajstić information content (AvgIpc) is 2.69. The van der Waals surface area contributed by atoms with E-state index in [0.29, 0.717) is 13.2 Å². The zero-order valence-corrected chi connectivity index (χ0v) is 9.30. The first-order valence-corrected chi connectivity index (χ1v) is 5.24. The van der Waals surface area contributed by atoms with E-state index in [2.05, 4.69) is 10.00 Å². The van der Waals surface area contributed by atoms with Gasteiger partial charge in [0.25, 0.3) is 0 Å². The van der Waals surface area contributed by atoms with Crippen molar-refractivity contribution in [3.05, 3.63) is 12.3 Å². The molecule has 0 aromatic carbocycles. The van der Waals surface area contributed by atoms with Crippen molar-refractivity contribution in [1.29, 1.82) is 5.31 Å². The van der Waals surface area contributed by atoms with Gasteiger partial charge in [-0.1, -0.05) is 0 Å². The van der Waals surface area contributed by atoms with Crippen molar-refractivity contribution in [3.8, 4) is 0 Å². The summed E-state index contributed by atoms with van der Waals surface area (Å²) in [4.78, 5) is 2.12. The molecule has 0 radical (unpaired) electrons. The van der Waals surface area contributed by atoms with Gasteiger partial charge in [-0.25, -0.2) is 0 Å². The Labute approximate surface area is 94.9 Å². The van der Waals surface area contributed by atoms with Crippen molar-refractivity contribution in [2.45, 2.75) is 6.10 Å². The fourth-order valence-corrected chi connectivity index (χ4v) is 1.60. The molecule has 1 aliphatic rings. The van der Waals surface area contributed by atoms with Crippen LogP contribution in [-0.2, 0) is 9.47 Å². The van der Waals surface area contributed by atoms with Gasteiger partial charge in [0.05, 0.1) is 0 Å². The second-order valence-electron chi connectivity index (χ2n) is 3.67. The quantitative estimate of drug-likeness (QED) is 0.542. The standard InChI is InChI=1S/C9H15BN4O2/c1-15-4-5-16-8-6-13(7-8)9-2-3-14(10-11)12-9/h2-3,8,11H,4-7H2,1H3. The molecule has 2 heterocycles. The molecule has 1 aliphatic heterocycles. The Morgan fingerprint density at radius 2 is 2.38 bits per heavy atom. The van der Waals surface area contributed by atoms with Crippen LogP contribution in [0.25, 0.3) is 0 Å². The molecule has 16 heavy (non-hydrogen) atoms. The molecule has 1 saturated heterocycles. The van der Waals surface area contributed by atoms with Crippen LogP contribution in [0.5, 0.6) is 0 Å². The van der Waals surface area contributed by atoms with Gasteiger partial charge in [0, 0.05) is 0 Å². The van der Waals surface area contributed by atoms with Gasteiger partial charge in [-0.05, 0) is 0 Å². The molecule has 7 heteroatoms. The van der Waals surface area contributed by atoms with E-state index in [0.717, 1.165) is 18.9 Å². The van der Waals surface area contributed by atoms with Crippen LogP contribution in [0.1, 0.15) is 0 Å². The fourth-order valence-electron chi connectivity index (χ4n) is 1.60. The van der Waals surface area contributed by atoms with Crippen LogP contribution in [0.15, 0.2) is 12.3 Å². The third-order valence-corrected chi connectivity index (χ3v) is 2.54. The molecule has 0 amide bonds. The molecule has 1 fully saturated rings. The number of methoxy groups -OCH3 is 1. The van der Waals surface area contributed by atoms with Gasteiger partial charge >= 0.3 is 94.2 Å². The van der Waals surface area contributed by atoms with Crippen LogP contribution >= 0.6 is 0 Å². The molecule has 86 valence electrons. The molecular weight excluding hydrogens is 207 g/mol. The first kappa shape index (κ1) is 11.3. The molecule has 0 unspecified atom stereocenters. The number of rotatable bonds is 6. The Bertz CT molecular complexity index is 351. The van der Waals surface area contributed by atoms with E-state index in [1.807, 2.05) is 6.07 Å². The third kappa shape index (κ3) is 2.48. The number of hydrogen-bond acceptors (Lipinski definition) is 5. The van der Waals surface area contributed by atoms with Gasteiger partial charge < -0.3 is 0 Å². The molecule has 0 atom stereocenters. The zero-order valence-electron chi connectivity index (χ0n) is 9.30. The normalized spacial score (nSPS) is 15.9. The SMILES string of the molecule is COCCOC1CN(c2ccn(B=N)n2)C1. The van der Waals surface area contributed by atoms with E-state index in [9.17, 15) is 0 Å². The summed E-state index contributed by atoms with van der Waals surface area (Å²) >= 11 is 0. The van der Waals surface area contributed by atoms with Crippen molar-refractivity contribution < 1.29 is 9.47 Å². The maximum absolute atomic E-state index is 7.04. The Balaban J connectivity index is 1.73. The maximum atomic E-state index is 7.04. The van der Waals surface area contributed by atoms with Gasteiger partial charge in [0.1, 0.15) is 0 Å². The van der Waals surface area contributed by atoms with Crippen LogP contribution in [0.4, 0.5) is 5.82 Å². The predicted octanol–water partition coefficient (Wildman–Crippen LogP) is -0.0356. The summed E-state index contributed by atoms with van der Waals surface area (Å²) in [6.07, 6.45) is 2.04. The van der Waals surface area contributed by atoms with Crippen LogP contribution < -0.4 is 4.90 Å². The van der Waals surface area contributed by atoms with Crippen molar-refractivity contribution in [1.82, 2.24) is 9.69 Å². The molecule has 1 N–H and O–H groups in total. The molecule has 1 aromatic rings. The first-order chi connectivity index (χ1) is 7.83. The summed E-state index contributed by atoms with van der Waals surface area (Å²) in [5.74, 6) is 0.898. The van der Waals surface area contributed by atoms with Crippen molar-refractivity contribution in [2.75, 3.05) is 38.3 Å². The topological polar surface area (TPSA) is 63.4 Å². The molecule has 6 nitrogen and oxygen atoms in total. The number of ether oxygens (including phenoxy) is 2. The van der Waals surface area contributed by atoms with Gasteiger partial charge in [0.2, 0.25) is 0 Å². The van der Waals surface area contributed by atoms with Gasteiger partial charge in [-0.15, -0.1) is 0 Å². The van der Waals surface area contributed by atoms with E-state index < -0.39 is 0 Å². The van der Waals surface area contributed by atoms with Gasteiger partial charge in [-0.3, -0.25) is 0 Å². The minimum absolute atomic E-state index is 0.278. The number of anilines is 1. The van der Waals surface area contributed by atoms with Crippen molar-refractivity contribution in [2.24, 2.45) is 0 Å². The van der Waals surface area contributed by atoms with Crippen LogP contribution in [0, 0.1) is 5.31 Å². The van der Waals surface area contributed by atoms with E-state index in [4.69, 9.17) is 14.8 Å². The summed E-state index contributed by atoms with van der Waals surface area (Å²) in [6.45, 7) is 3.00. The van der Waals surface area contributed by atoms with E-state index in [1.165, 1.54) is 11.8 Å². The Morgan fingerprint density at radius 3 is 3.00 bits per heavy atom. The number of nitrogens with one attached hydrogen (secondary N) is 1. The van der Waals surface area contributed by atoms with Gasteiger partial charge in [-0.2, -0.15) is 0 Å². The Morgan fingerprint density at radius 1 is 1.56 bits per heavy atom. The van der Waals surface area contributed by atoms with Crippen LogP contribution in [0.3, 0.4) is 0 Å². The zero-order chi connectivity index (χ0) is 11.4. The summed E-state index contributed by atoms with van der Waals surface area (Å²) in [7, 11) is 2.84. The van der Waals surface area contributed by atoms with Crippen molar-refractivity contribution in [3.63, 3.8) is 0 Å². The molecule has 0 spiro atoms. The number of aromatic nitrogens is 2. The molecule has 0 aliphatic carbocycles. The van der Waals surface area contributed by atoms with Crippen molar-refractivity contribution >= 4 is 13.0 Å². The Kier molecular flexibility index (Phi) is 3.68. The summed E-state index contributed by atoms with van der Waals surface area (Å²) in [5, 5.41) is 11.2. The third-order valence-electron chi connectivity index (χ3n) is 2.54. The van der Waals surface area contributed by atoms with E-state index >= 15 is 0 Å². The van der Waals surface area contributed by atoms with E-state index in [-0.39, 0.29) is 6.10 Å². The molecule has 2 rings (SSSR count). The second-order valence-corrected chi connectivity index (χ2v) is 3.67. The average molecular weight is 222 g/mol. The first-order valence-electron chi connectivity index (χ1n) is 5.24. The minimum atomic E-state index is 0.278. The van der Waals surface area contributed by atoms with Crippen LogP contribution in [-0.4, -0.2) is 56.4 Å². The fraction of sp³-hybridized carbons (Fsp3) is 0.667. The van der Waals surface area contributed by atoms with Gasteiger partial charge in [0.15, 0.2) is 0 Å². The molecular formula is C9H15BN4O2. The molecule has 0 saturated carbocycles. The summed E-state index contributed by atoms with van der Waals surface area (Å²) in [6, 6.07) is 1.90. The van der Waals surface area contributed by atoms with E-state index in [1.54, 1.807) is 13.3 Å².